The summed E-state index contributed by atoms with van der Waals surface area (Å²) in [5.41, 5.74) is 1.58. The predicted molar refractivity (Wildman–Crippen MR) is 99.2 cm³/mol. The van der Waals surface area contributed by atoms with Crippen LogP contribution in [0.2, 0.25) is 0 Å². The average molecular weight is 367 g/mol. The number of rotatable bonds is 5. The fourth-order valence-electron chi connectivity index (χ4n) is 3.15. The van der Waals surface area contributed by atoms with Gasteiger partial charge in [-0.05, 0) is 43.7 Å². The molecule has 3 aromatic heterocycles. The zero-order chi connectivity index (χ0) is 19.0. The molecular formula is C19H18FN5O2. The van der Waals surface area contributed by atoms with Gasteiger partial charge in [-0.15, -0.1) is 5.10 Å². The van der Waals surface area contributed by atoms with E-state index in [4.69, 9.17) is 4.74 Å². The number of hydrogen-bond acceptors (Lipinski definition) is 5. The zero-order valence-electron chi connectivity index (χ0n) is 15.0. The number of methoxy groups -OCH3 is 1. The van der Waals surface area contributed by atoms with Crippen LogP contribution < -0.4 is 5.56 Å². The summed E-state index contributed by atoms with van der Waals surface area (Å²) >= 11 is 0. The molecule has 0 bridgehead atoms. The standard InChI is InChI=1S/C19H18FN5O2/c1-12-21-19-22-15-8-10-24(9-3-11-27-2)18(26)16(15)17(25(19)23-12)13-4-6-14(20)7-5-13/h4-8,10H,3,9,11H2,1-2H3. The van der Waals surface area contributed by atoms with Gasteiger partial charge in [-0.25, -0.2) is 9.37 Å². The summed E-state index contributed by atoms with van der Waals surface area (Å²) in [7, 11) is 1.63. The Labute approximate surface area is 154 Å². The van der Waals surface area contributed by atoms with Crippen LogP contribution in [0.1, 0.15) is 12.2 Å². The van der Waals surface area contributed by atoms with Gasteiger partial charge in [0.1, 0.15) is 11.6 Å². The van der Waals surface area contributed by atoms with Crippen LogP contribution in [0.3, 0.4) is 0 Å². The summed E-state index contributed by atoms with van der Waals surface area (Å²) < 4.78 is 21.7. The van der Waals surface area contributed by atoms with Gasteiger partial charge in [0, 0.05) is 32.0 Å². The number of nitrogens with zero attached hydrogens (tertiary/aromatic N) is 5. The van der Waals surface area contributed by atoms with Crippen molar-refractivity contribution in [2.24, 2.45) is 0 Å². The molecule has 138 valence electrons. The number of aryl methyl sites for hydroxylation is 2. The topological polar surface area (TPSA) is 74.3 Å². The van der Waals surface area contributed by atoms with E-state index >= 15 is 0 Å². The number of hydrogen-bond donors (Lipinski definition) is 0. The second-order valence-electron chi connectivity index (χ2n) is 6.26. The molecule has 0 aliphatic heterocycles. The Morgan fingerprint density at radius 1 is 1.15 bits per heavy atom. The van der Waals surface area contributed by atoms with Crippen molar-refractivity contribution in [1.82, 2.24) is 24.1 Å². The van der Waals surface area contributed by atoms with E-state index in [0.717, 1.165) is 0 Å². The lowest BCUT2D eigenvalue weighted by atomic mass is 10.1. The summed E-state index contributed by atoms with van der Waals surface area (Å²) in [6, 6.07) is 7.76. The van der Waals surface area contributed by atoms with E-state index < -0.39 is 0 Å². The third-order valence-corrected chi connectivity index (χ3v) is 4.37. The highest BCUT2D eigenvalue weighted by atomic mass is 19.1. The summed E-state index contributed by atoms with van der Waals surface area (Å²) in [5, 5.41) is 4.82. The number of halogens is 1. The van der Waals surface area contributed by atoms with Gasteiger partial charge < -0.3 is 9.30 Å². The Balaban J connectivity index is 2.03. The van der Waals surface area contributed by atoms with Gasteiger partial charge in [0.25, 0.3) is 11.3 Å². The van der Waals surface area contributed by atoms with E-state index in [1.165, 1.54) is 12.1 Å². The monoisotopic (exact) mass is 367 g/mol. The van der Waals surface area contributed by atoms with E-state index in [1.807, 2.05) is 0 Å². The quantitative estimate of drug-likeness (QED) is 0.507. The Morgan fingerprint density at radius 2 is 1.93 bits per heavy atom. The van der Waals surface area contributed by atoms with Crippen LogP contribution in [0.5, 0.6) is 0 Å². The maximum absolute atomic E-state index is 13.4. The van der Waals surface area contributed by atoms with Crippen molar-refractivity contribution >= 4 is 16.7 Å². The molecule has 0 saturated heterocycles. The summed E-state index contributed by atoms with van der Waals surface area (Å²) in [5.74, 6) is 0.595. The van der Waals surface area contributed by atoms with Gasteiger partial charge in [-0.1, -0.05) is 0 Å². The molecule has 1 aromatic carbocycles. The average Bonchev–Trinajstić information content (AvgIpc) is 3.03. The van der Waals surface area contributed by atoms with Crippen molar-refractivity contribution in [2.45, 2.75) is 19.9 Å². The molecule has 4 rings (SSSR count). The van der Waals surface area contributed by atoms with E-state index in [9.17, 15) is 9.18 Å². The molecule has 3 heterocycles. The highest BCUT2D eigenvalue weighted by molar-refractivity contribution is 5.93. The SMILES string of the molecule is COCCCn1ccc2nc3nc(C)nn3c(-c3ccc(F)cc3)c2c1=O. The van der Waals surface area contributed by atoms with Crippen LogP contribution in [-0.4, -0.2) is 37.9 Å². The molecule has 4 aromatic rings. The molecule has 27 heavy (non-hydrogen) atoms. The molecule has 0 amide bonds. The predicted octanol–water partition coefficient (Wildman–Crippen LogP) is 2.59. The smallest absolute Gasteiger partial charge is 0.262 e. The van der Waals surface area contributed by atoms with Crippen molar-refractivity contribution in [2.75, 3.05) is 13.7 Å². The molecule has 0 fully saturated rings. The van der Waals surface area contributed by atoms with Crippen molar-refractivity contribution in [1.29, 1.82) is 0 Å². The zero-order valence-corrected chi connectivity index (χ0v) is 15.0. The largest absolute Gasteiger partial charge is 0.385 e. The maximum Gasteiger partial charge on any atom is 0.262 e. The van der Waals surface area contributed by atoms with Gasteiger partial charge >= 0.3 is 0 Å². The van der Waals surface area contributed by atoms with E-state index in [1.54, 1.807) is 47.5 Å². The Morgan fingerprint density at radius 3 is 2.67 bits per heavy atom. The van der Waals surface area contributed by atoms with Crippen molar-refractivity contribution < 1.29 is 9.13 Å². The van der Waals surface area contributed by atoms with Crippen LogP contribution in [0.15, 0.2) is 41.3 Å². The maximum atomic E-state index is 13.4. The van der Waals surface area contributed by atoms with Gasteiger partial charge in [0.15, 0.2) is 0 Å². The summed E-state index contributed by atoms with van der Waals surface area (Å²) in [6.45, 7) is 2.85. The molecule has 8 heteroatoms. The summed E-state index contributed by atoms with van der Waals surface area (Å²) in [6.07, 6.45) is 2.44. The fourth-order valence-corrected chi connectivity index (χ4v) is 3.15. The minimum atomic E-state index is -0.347. The van der Waals surface area contributed by atoms with Crippen LogP contribution in [0, 0.1) is 12.7 Å². The Kier molecular flexibility index (Phi) is 4.41. The van der Waals surface area contributed by atoms with E-state index in [-0.39, 0.29) is 11.4 Å². The lowest BCUT2D eigenvalue weighted by Crippen LogP contribution is -2.22. The number of fused-ring (bicyclic) bond motifs is 2. The molecule has 0 aliphatic carbocycles. The number of aromatic nitrogens is 5. The van der Waals surface area contributed by atoms with Gasteiger partial charge in [0.2, 0.25) is 0 Å². The molecule has 0 saturated carbocycles. The molecule has 0 N–H and O–H groups in total. The highest BCUT2D eigenvalue weighted by Gasteiger charge is 2.18. The van der Waals surface area contributed by atoms with Crippen molar-refractivity contribution in [3.8, 4) is 11.3 Å². The first-order valence-electron chi connectivity index (χ1n) is 8.60. The van der Waals surface area contributed by atoms with Crippen LogP contribution in [0.4, 0.5) is 4.39 Å². The van der Waals surface area contributed by atoms with Gasteiger partial charge in [-0.3, -0.25) is 4.79 Å². The fraction of sp³-hybridized carbons (Fsp3) is 0.263. The first-order valence-corrected chi connectivity index (χ1v) is 8.60. The van der Waals surface area contributed by atoms with E-state index in [0.29, 0.717) is 53.3 Å². The molecular weight excluding hydrogens is 349 g/mol. The normalized spacial score (nSPS) is 11.5. The molecule has 7 nitrogen and oxygen atoms in total. The van der Waals surface area contributed by atoms with Gasteiger partial charge in [-0.2, -0.15) is 9.50 Å². The van der Waals surface area contributed by atoms with Crippen LogP contribution >= 0.6 is 0 Å². The second-order valence-corrected chi connectivity index (χ2v) is 6.26. The minimum absolute atomic E-state index is 0.175. The van der Waals surface area contributed by atoms with Crippen molar-refractivity contribution in [3.05, 3.63) is 58.5 Å². The Hall–Kier alpha value is -3.13. The Bertz CT molecular complexity index is 1180. The van der Waals surface area contributed by atoms with Gasteiger partial charge in [0.05, 0.1) is 16.6 Å². The minimum Gasteiger partial charge on any atom is -0.385 e. The first-order chi connectivity index (χ1) is 13.1. The van der Waals surface area contributed by atoms with Crippen LogP contribution in [-0.2, 0) is 11.3 Å². The summed E-state index contributed by atoms with van der Waals surface area (Å²) in [4.78, 5) is 22.0. The van der Waals surface area contributed by atoms with E-state index in [2.05, 4.69) is 15.1 Å². The lowest BCUT2D eigenvalue weighted by molar-refractivity contribution is 0.190. The first kappa shape index (κ1) is 17.3. The van der Waals surface area contributed by atoms with Crippen LogP contribution in [0.25, 0.3) is 27.9 Å². The molecule has 0 aliphatic rings. The number of ether oxygens (including phenoxy) is 1. The number of pyridine rings is 1. The molecule has 0 unspecified atom stereocenters. The van der Waals surface area contributed by atoms with Crippen molar-refractivity contribution in [3.63, 3.8) is 0 Å². The number of benzene rings is 1. The highest BCUT2D eigenvalue weighted by Crippen LogP contribution is 2.26. The third kappa shape index (κ3) is 3.08. The molecule has 0 spiro atoms. The lowest BCUT2D eigenvalue weighted by Gasteiger charge is -2.11. The third-order valence-electron chi connectivity index (χ3n) is 4.37. The molecule has 0 radical (unpaired) electrons. The molecule has 0 atom stereocenters. The second kappa shape index (κ2) is 6.88.